The first-order chi connectivity index (χ1) is 9.54. The summed E-state index contributed by atoms with van der Waals surface area (Å²) >= 11 is 9.41. The highest BCUT2D eigenvalue weighted by molar-refractivity contribution is 9.09. The Balaban J connectivity index is 2.49. The van der Waals surface area contributed by atoms with E-state index in [2.05, 4.69) is 15.9 Å². The van der Waals surface area contributed by atoms with Gasteiger partial charge in [-0.2, -0.15) is 0 Å². The molecule has 0 amide bonds. The standard InChI is InChI=1S/C16H15BrClFO/c1-3-20-14-8-7-10(2)9-12(14)15(17)11-5-4-6-13(18)16(11)19/h4-9,15H,3H2,1-2H3. The summed E-state index contributed by atoms with van der Waals surface area (Å²) in [4.78, 5) is -0.303. The Kier molecular flexibility index (Phi) is 5.06. The maximum atomic E-state index is 14.2. The second-order valence-corrected chi connectivity index (χ2v) is 5.80. The monoisotopic (exact) mass is 356 g/mol. The second-order valence-electron chi connectivity index (χ2n) is 4.48. The van der Waals surface area contributed by atoms with Crippen LogP contribution in [0.1, 0.15) is 28.4 Å². The summed E-state index contributed by atoms with van der Waals surface area (Å²) in [5.74, 6) is 0.347. The normalized spacial score (nSPS) is 12.2. The third-order valence-corrected chi connectivity index (χ3v) is 4.27. The Labute approximate surface area is 131 Å². The number of hydrogen-bond donors (Lipinski definition) is 0. The van der Waals surface area contributed by atoms with Crippen LogP contribution < -0.4 is 4.74 Å². The maximum absolute atomic E-state index is 14.2. The van der Waals surface area contributed by atoms with Crippen LogP contribution in [0.5, 0.6) is 5.75 Å². The molecule has 0 aliphatic rings. The molecule has 1 unspecified atom stereocenters. The van der Waals surface area contributed by atoms with Gasteiger partial charge in [-0.05, 0) is 26.0 Å². The molecule has 20 heavy (non-hydrogen) atoms. The SMILES string of the molecule is CCOc1ccc(C)cc1C(Br)c1cccc(Cl)c1F. The van der Waals surface area contributed by atoms with Crippen molar-refractivity contribution in [1.82, 2.24) is 0 Å². The van der Waals surface area contributed by atoms with E-state index in [0.717, 1.165) is 16.9 Å². The van der Waals surface area contributed by atoms with Gasteiger partial charge in [0.25, 0.3) is 0 Å². The van der Waals surface area contributed by atoms with Gasteiger partial charge in [-0.3, -0.25) is 0 Å². The number of rotatable bonds is 4. The molecule has 1 nitrogen and oxygen atoms in total. The number of hydrogen-bond acceptors (Lipinski definition) is 1. The van der Waals surface area contributed by atoms with Gasteiger partial charge < -0.3 is 4.74 Å². The molecular formula is C16H15BrClFO. The minimum Gasteiger partial charge on any atom is -0.494 e. The zero-order chi connectivity index (χ0) is 14.7. The largest absolute Gasteiger partial charge is 0.494 e. The molecule has 0 spiro atoms. The van der Waals surface area contributed by atoms with Gasteiger partial charge in [0.1, 0.15) is 11.6 Å². The van der Waals surface area contributed by atoms with E-state index in [1.807, 2.05) is 32.0 Å². The zero-order valence-electron chi connectivity index (χ0n) is 11.3. The molecule has 0 aliphatic carbocycles. The molecule has 106 valence electrons. The van der Waals surface area contributed by atoms with Crippen LogP contribution in [0.25, 0.3) is 0 Å². The number of benzene rings is 2. The third-order valence-electron chi connectivity index (χ3n) is 2.99. The van der Waals surface area contributed by atoms with E-state index in [4.69, 9.17) is 16.3 Å². The van der Waals surface area contributed by atoms with Gasteiger partial charge in [-0.15, -0.1) is 0 Å². The van der Waals surface area contributed by atoms with Crippen LogP contribution in [0.2, 0.25) is 5.02 Å². The van der Waals surface area contributed by atoms with Crippen molar-refractivity contribution in [2.75, 3.05) is 6.61 Å². The molecule has 0 fully saturated rings. The van der Waals surface area contributed by atoms with Crippen LogP contribution in [0.15, 0.2) is 36.4 Å². The lowest BCUT2D eigenvalue weighted by Crippen LogP contribution is -2.02. The van der Waals surface area contributed by atoms with Gasteiger partial charge >= 0.3 is 0 Å². The minimum atomic E-state index is -0.403. The molecular weight excluding hydrogens is 343 g/mol. The van der Waals surface area contributed by atoms with Gasteiger partial charge in [0, 0.05) is 11.1 Å². The van der Waals surface area contributed by atoms with Crippen molar-refractivity contribution in [3.8, 4) is 5.75 Å². The van der Waals surface area contributed by atoms with Crippen molar-refractivity contribution >= 4 is 27.5 Å². The third kappa shape index (κ3) is 3.15. The van der Waals surface area contributed by atoms with Gasteiger partial charge in [-0.25, -0.2) is 4.39 Å². The molecule has 4 heteroatoms. The predicted molar refractivity (Wildman–Crippen MR) is 84.5 cm³/mol. The van der Waals surface area contributed by atoms with Crippen molar-refractivity contribution in [1.29, 1.82) is 0 Å². The maximum Gasteiger partial charge on any atom is 0.146 e. The zero-order valence-corrected chi connectivity index (χ0v) is 13.6. The van der Waals surface area contributed by atoms with Crippen LogP contribution in [0.4, 0.5) is 4.39 Å². The average Bonchev–Trinajstić information content (AvgIpc) is 2.43. The lowest BCUT2D eigenvalue weighted by Gasteiger charge is -2.17. The topological polar surface area (TPSA) is 9.23 Å². The van der Waals surface area contributed by atoms with Crippen LogP contribution in [-0.2, 0) is 0 Å². The summed E-state index contributed by atoms with van der Waals surface area (Å²) in [6, 6.07) is 10.9. The molecule has 2 aromatic carbocycles. The van der Waals surface area contributed by atoms with Crippen LogP contribution in [-0.4, -0.2) is 6.61 Å². The van der Waals surface area contributed by atoms with E-state index in [0.29, 0.717) is 12.2 Å². The van der Waals surface area contributed by atoms with E-state index in [-0.39, 0.29) is 9.85 Å². The molecule has 0 aliphatic heterocycles. The Hall–Kier alpha value is -1.06. The smallest absolute Gasteiger partial charge is 0.146 e. The molecule has 0 radical (unpaired) electrons. The molecule has 0 bridgehead atoms. The van der Waals surface area contributed by atoms with E-state index in [1.165, 1.54) is 0 Å². The van der Waals surface area contributed by atoms with Gasteiger partial charge in [0.2, 0.25) is 0 Å². The van der Waals surface area contributed by atoms with Crippen LogP contribution >= 0.6 is 27.5 Å². The van der Waals surface area contributed by atoms with Gasteiger partial charge in [0.05, 0.1) is 16.5 Å². The lowest BCUT2D eigenvalue weighted by atomic mass is 10.0. The fourth-order valence-electron chi connectivity index (χ4n) is 2.04. The number of ether oxygens (including phenoxy) is 1. The Morgan fingerprint density at radius 1 is 1.25 bits per heavy atom. The van der Waals surface area contributed by atoms with Crippen molar-refractivity contribution < 1.29 is 9.13 Å². The molecule has 0 aromatic heterocycles. The Morgan fingerprint density at radius 2 is 2.00 bits per heavy atom. The first-order valence-electron chi connectivity index (χ1n) is 6.36. The summed E-state index contributed by atoms with van der Waals surface area (Å²) in [6.07, 6.45) is 0. The van der Waals surface area contributed by atoms with Gasteiger partial charge in [-0.1, -0.05) is 57.4 Å². The molecule has 0 N–H and O–H groups in total. The van der Waals surface area contributed by atoms with Crippen molar-refractivity contribution in [3.63, 3.8) is 0 Å². The Bertz CT molecular complexity index is 615. The van der Waals surface area contributed by atoms with Crippen molar-refractivity contribution in [2.24, 2.45) is 0 Å². The summed E-state index contributed by atoms with van der Waals surface area (Å²) in [7, 11) is 0. The number of halogens is 3. The highest BCUT2D eigenvalue weighted by Gasteiger charge is 2.20. The molecule has 1 atom stereocenters. The summed E-state index contributed by atoms with van der Waals surface area (Å²) < 4.78 is 19.8. The van der Waals surface area contributed by atoms with E-state index in [9.17, 15) is 4.39 Å². The van der Waals surface area contributed by atoms with E-state index < -0.39 is 5.82 Å². The second kappa shape index (κ2) is 6.59. The van der Waals surface area contributed by atoms with Crippen LogP contribution in [0, 0.1) is 12.7 Å². The summed E-state index contributed by atoms with van der Waals surface area (Å²) in [5.41, 5.74) is 2.49. The lowest BCUT2D eigenvalue weighted by molar-refractivity contribution is 0.337. The quantitative estimate of drug-likeness (QED) is 0.641. The highest BCUT2D eigenvalue weighted by Crippen LogP contribution is 2.39. The average molecular weight is 358 g/mol. The van der Waals surface area contributed by atoms with E-state index >= 15 is 0 Å². The van der Waals surface area contributed by atoms with Gasteiger partial charge in [0.15, 0.2) is 0 Å². The molecule has 0 heterocycles. The first kappa shape index (κ1) is 15.3. The molecule has 0 saturated heterocycles. The van der Waals surface area contributed by atoms with E-state index in [1.54, 1.807) is 18.2 Å². The molecule has 2 aromatic rings. The fraction of sp³-hybridized carbons (Fsp3) is 0.250. The Morgan fingerprint density at radius 3 is 2.70 bits per heavy atom. The summed E-state index contributed by atoms with van der Waals surface area (Å²) in [6.45, 7) is 4.48. The summed E-state index contributed by atoms with van der Waals surface area (Å²) in [5, 5.41) is 0.123. The fourth-order valence-corrected chi connectivity index (χ4v) is 2.93. The molecule has 0 saturated carbocycles. The predicted octanol–water partition coefficient (Wildman–Crippen LogP) is 5.67. The highest BCUT2D eigenvalue weighted by atomic mass is 79.9. The van der Waals surface area contributed by atoms with Crippen molar-refractivity contribution in [2.45, 2.75) is 18.7 Å². The number of aryl methyl sites for hydroxylation is 1. The number of alkyl halides is 1. The van der Waals surface area contributed by atoms with Crippen molar-refractivity contribution in [3.05, 3.63) is 63.9 Å². The first-order valence-corrected chi connectivity index (χ1v) is 7.65. The van der Waals surface area contributed by atoms with Crippen LogP contribution in [0.3, 0.4) is 0 Å². The minimum absolute atomic E-state index is 0.123. The molecule has 2 rings (SSSR count).